The van der Waals surface area contributed by atoms with Gasteiger partial charge in [0.15, 0.2) is 0 Å². The number of anilines is 1. The number of nitrogens with one attached hydrogen (secondary N) is 1. The van der Waals surface area contributed by atoms with Crippen molar-refractivity contribution >= 4 is 44.8 Å². The summed E-state index contributed by atoms with van der Waals surface area (Å²) in [6.45, 7) is -0.451. The van der Waals surface area contributed by atoms with E-state index in [2.05, 4.69) is 11.4 Å². The van der Waals surface area contributed by atoms with Gasteiger partial charge in [-0.05, 0) is 54.3 Å². The fourth-order valence-electron chi connectivity index (χ4n) is 3.65. The highest BCUT2D eigenvalue weighted by atomic mass is 35.5. The number of carbonyl (C=O) groups is 1. The van der Waals surface area contributed by atoms with E-state index >= 15 is 0 Å². The molecule has 0 saturated heterocycles. The van der Waals surface area contributed by atoms with Gasteiger partial charge in [0.25, 0.3) is 0 Å². The van der Waals surface area contributed by atoms with Crippen molar-refractivity contribution in [2.24, 2.45) is 0 Å². The molecule has 0 radical (unpaired) electrons. The normalized spacial score (nSPS) is 14.4. The average Bonchev–Trinajstić information content (AvgIpc) is 3.62. The Morgan fingerprint density at radius 1 is 1.03 bits per heavy atom. The van der Waals surface area contributed by atoms with Gasteiger partial charge in [0.05, 0.1) is 23.1 Å². The summed E-state index contributed by atoms with van der Waals surface area (Å²) in [5.74, 6) is -0.508. The van der Waals surface area contributed by atoms with Gasteiger partial charge in [-0.2, -0.15) is 9.57 Å². The van der Waals surface area contributed by atoms with E-state index in [0.717, 1.165) is 22.7 Å². The Morgan fingerprint density at radius 2 is 1.71 bits per heavy atom. The van der Waals surface area contributed by atoms with Crippen LogP contribution in [0.25, 0.3) is 0 Å². The lowest BCUT2D eigenvalue weighted by Crippen LogP contribution is -2.37. The number of nitrogens with zero attached hydrogens (tertiary/aromatic N) is 2. The molecule has 9 heteroatoms. The average molecular weight is 514 g/mol. The van der Waals surface area contributed by atoms with Crippen LogP contribution in [0.5, 0.6) is 0 Å². The SMILES string of the molecule is N#CC1(c2ccc(NC(=O)CN(Cc3ccccc3)S(=O)(=O)c3cc(Cl)ccc3Cl)cc2)CC1. The number of halogens is 2. The fraction of sp³-hybridized carbons (Fsp3) is 0.200. The van der Waals surface area contributed by atoms with Crippen molar-refractivity contribution < 1.29 is 13.2 Å². The molecule has 1 fully saturated rings. The second-order valence-electron chi connectivity index (χ2n) is 8.15. The van der Waals surface area contributed by atoms with Crippen LogP contribution in [-0.2, 0) is 26.8 Å². The van der Waals surface area contributed by atoms with Crippen LogP contribution in [0.4, 0.5) is 5.69 Å². The molecule has 4 rings (SSSR count). The predicted molar refractivity (Wildman–Crippen MR) is 132 cm³/mol. The molecular formula is C25H21Cl2N3O3S. The molecule has 0 spiro atoms. The number of amides is 1. The summed E-state index contributed by atoms with van der Waals surface area (Å²) < 4.78 is 28.0. The Balaban J connectivity index is 1.56. The van der Waals surface area contributed by atoms with Crippen molar-refractivity contribution in [3.63, 3.8) is 0 Å². The highest BCUT2D eigenvalue weighted by molar-refractivity contribution is 7.89. The van der Waals surface area contributed by atoms with Gasteiger partial charge in [-0.1, -0.05) is 65.7 Å². The molecule has 0 atom stereocenters. The summed E-state index contributed by atoms with van der Waals surface area (Å²) >= 11 is 12.2. The monoisotopic (exact) mass is 513 g/mol. The van der Waals surface area contributed by atoms with E-state index in [1.54, 1.807) is 36.4 Å². The summed E-state index contributed by atoms with van der Waals surface area (Å²) in [6, 6.07) is 22.6. The van der Waals surface area contributed by atoms with Gasteiger partial charge in [0, 0.05) is 17.3 Å². The van der Waals surface area contributed by atoms with Crippen LogP contribution in [0, 0.1) is 11.3 Å². The molecule has 0 aromatic heterocycles. The van der Waals surface area contributed by atoms with Gasteiger partial charge in [0.1, 0.15) is 4.90 Å². The Hall–Kier alpha value is -2.89. The number of benzene rings is 3. The van der Waals surface area contributed by atoms with Gasteiger partial charge in [-0.3, -0.25) is 4.79 Å². The van der Waals surface area contributed by atoms with Crippen molar-refractivity contribution in [3.8, 4) is 6.07 Å². The first-order valence-corrected chi connectivity index (χ1v) is 12.7. The molecule has 1 aliphatic rings. The van der Waals surface area contributed by atoms with Gasteiger partial charge < -0.3 is 5.32 Å². The lowest BCUT2D eigenvalue weighted by Gasteiger charge is -2.23. The highest BCUT2D eigenvalue weighted by Gasteiger charge is 2.44. The van der Waals surface area contributed by atoms with Crippen molar-refractivity contribution in [1.82, 2.24) is 4.31 Å². The number of nitriles is 1. The van der Waals surface area contributed by atoms with E-state index in [1.807, 2.05) is 18.2 Å². The highest BCUT2D eigenvalue weighted by Crippen LogP contribution is 2.47. The third-order valence-corrected chi connectivity index (χ3v) is 8.23. The zero-order valence-electron chi connectivity index (χ0n) is 18.0. The first-order valence-electron chi connectivity index (χ1n) is 10.5. The smallest absolute Gasteiger partial charge is 0.245 e. The molecule has 1 aliphatic carbocycles. The molecule has 6 nitrogen and oxygen atoms in total. The van der Waals surface area contributed by atoms with Gasteiger partial charge in [-0.25, -0.2) is 8.42 Å². The van der Waals surface area contributed by atoms with Crippen LogP contribution in [0.1, 0.15) is 24.0 Å². The van der Waals surface area contributed by atoms with Crippen molar-refractivity contribution in [1.29, 1.82) is 5.26 Å². The number of rotatable bonds is 8. The van der Waals surface area contributed by atoms with E-state index in [9.17, 15) is 18.5 Å². The second kappa shape index (κ2) is 9.77. The molecule has 34 heavy (non-hydrogen) atoms. The minimum Gasteiger partial charge on any atom is -0.325 e. The van der Waals surface area contributed by atoms with Crippen molar-refractivity contribution in [2.45, 2.75) is 29.7 Å². The van der Waals surface area contributed by atoms with E-state index < -0.39 is 27.9 Å². The molecular weight excluding hydrogens is 493 g/mol. The third kappa shape index (κ3) is 5.26. The Bertz CT molecular complexity index is 1350. The van der Waals surface area contributed by atoms with Crippen molar-refractivity contribution in [2.75, 3.05) is 11.9 Å². The van der Waals surface area contributed by atoms with E-state index in [0.29, 0.717) is 11.3 Å². The number of hydrogen-bond donors (Lipinski definition) is 1. The molecule has 3 aromatic rings. The van der Waals surface area contributed by atoms with Crippen LogP contribution in [0.3, 0.4) is 0 Å². The minimum absolute atomic E-state index is 0.0185. The molecule has 0 heterocycles. The second-order valence-corrected chi connectivity index (χ2v) is 10.9. The first kappa shape index (κ1) is 24.2. The zero-order chi connectivity index (χ0) is 24.3. The molecule has 1 N–H and O–H groups in total. The zero-order valence-corrected chi connectivity index (χ0v) is 20.4. The topological polar surface area (TPSA) is 90.3 Å². The lowest BCUT2D eigenvalue weighted by atomic mass is 9.98. The van der Waals surface area contributed by atoms with E-state index in [4.69, 9.17) is 23.2 Å². The Labute approximate surface area is 208 Å². The number of hydrogen-bond acceptors (Lipinski definition) is 4. The van der Waals surface area contributed by atoms with Crippen molar-refractivity contribution in [3.05, 3.63) is 94.0 Å². The number of sulfonamides is 1. The molecule has 0 unspecified atom stereocenters. The van der Waals surface area contributed by atoms with Gasteiger partial charge >= 0.3 is 0 Å². The molecule has 0 aliphatic heterocycles. The Kier molecular flexibility index (Phi) is 6.96. The summed E-state index contributed by atoms with van der Waals surface area (Å²) in [4.78, 5) is 12.7. The quantitative estimate of drug-likeness (QED) is 0.437. The van der Waals surface area contributed by atoms with Gasteiger partial charge in [-0.15, -0.1) is 0 Å². The van der Waals surface area contributed by atoms with Crippen LogP contribution < -0.4 is 5.32 Å². The molecule has 174 valence electrons. The number of carbonyl (C=O) groups excluding carboxylic acids is 1. The maximum absolute atomic E-state index is 13.5. The van der Waals surface area contributed by atoms with E-state index in [1.165, 1.54) is 18.2 Å². The molecule has 1 saturated carbocycles. The summed E-state index contributed by atoms with van der Waals surface area (Å²) in [5.41, 5.74) is 1.73. The summed E-state index contributed by atoms with van der Waals surface area (Å²) in [7, 11) is -4.14. The predicted octanol–water partition coefficient (Wildman–Crippen LogP) is 5.38. The molecule has 3 aromatic carbocycles. The fourth-order valence-corrected chi connectivity index (χ4v) is 5.77. The largest absolute Gasteiger partial charge is 0.325 e. The lowest BCUT2D eigenvalue weighted by molar-refractivity contribution is -0.116. The Morgan fingerprint density at radius 3 is 2.32 bits per heavy atom. The standard InChI is InChI=1S/C25H21Cl2N3O3S/c26-20-8-11-22(27)23(14-20)34(32,33)30(15-18-4-2-1-3-5-18)16-24(31)29-21-9-6-19(7-10-21)25(17-28)12-13-25/h1-11,14H,12-13,15-16H2,(H,29,31). The van der Waals surface area contributed by atoms with Crippen LogP contribution in [-0.4, -0.2) is 25.2 Å². The van der Waals surface area contributed by atoms with Gasteiger partial charge in [0.2, 0.25) is 15.9 Å². The third-order valence-electron chi connectivity index (χ3n) is 5.72. The first-order chi connectivity index (χ1) is 16.2. The maximum atomic E-state index is 13.5. The summed E-state index contributed by atoms with van der Waals surface area (Å²) in [5, 5.41) is 12.3. The van der Waals surface area contributed by atoms with E-state index in [-0.39, 0.29) is 21.5 Å². The minimum atomic E-state index is -4.14. The maximum Gasteiger partial charge on any atom is 0.245 e. The summed E-state index contributed by atoms with van der Waals surface area (Å²) in [6.07, 6.45) is 1.65. The van der Waals surface area contributed by atoms with Crippen LogP contribution >= 0.6 is 23.2 Å². The molecule has 1 amide bonds. The van der Waals surface area contributed by atoms with Crippen LogP contribution in [0.15, 0.2) is 77.7 Å². The van der Waals surface area contributed by atoms with Crippen LogP contribution in [0.2, 0.25) is 10.0 Å². The molecule has 0 bridgehead atoms.